The average molecular weight is 405 g/mol. The molecule has 8 nitrogen and oxygen atoms in total. The molecule has 0 radical (unpaired) electrons. The van der Waals surface area contributed by atoms with Gasteiger partial charge >= 0.3 is 0 Å². The van der Waals surface area contributed by atoms with Gasteiger partial charge in [0.05, 0.1) is 5.92 Å². The molecule has 0 aromatic carbocycles. The lowest BCUT2D eigenvalue weighted by molar-refractivity contribution is -0.121. The molecule has 3 N–H and O–H groups in total. The molecule has 2 aromatic heterocycles. The minimum absolute atomic E-state index is 0.0955. The van der Waals surface area contributed by atoms with Crippen molar-refractivity contribution in [2.75, 3.05) is 24.1 Å². The van der Waals surface area contributed by atoms with Crippen molar-refractivity contribution in [2.45, 2.75) is 12.8 Å². The van der Waals surface area contributed by atoms with Gasteiger partial charge < -0.3 is 16.0 Å². The Hall–Kier alpha value is -2.55. The van der Waals surface area contributed by atoms with Crippen LogP contribution in [0.2, 0.25) is 0 Å². The number of nitrogen functional groups attached to an aromatic ring is 1. The molecule has 3 heterocycles. The summed E-state index contributed by atoms with van der Waals surface area (Å²) in [5.74, 6) is -0.182. The summed E-state index contributed by atoms with van der Waals surface area (Å²) >= 11 is 3.30. The Bertz CT molecular complexity index is 782. The van der Waals surface area contributed by atoms with Gasteiger partial charge in [0.2, 0.25) is 5.91 Å². The molecule has 0 spiro atoms. The molecular weight excluding hydrogens is 388 g/mol. The number of amides is 2. The van der Waals surface area contributed by atoms with Gasteiger partial charge in [0.25, 0.3) is 5.91 Å². The average Bonchev–Trinajstić information content (AvgIpc) is 2.63. The fourth-order valence-corrected chi connectivity index (χ4v) is 2.95. The summed E-state index contributed by atoms with van der Waals surface area (Å²) < 4.78 is 0.835. The van der Waals surface area contributed by atoms with Gasteiger partial charge in [-0.05, 0) is 40.9 Å². The fraction of sp³-hybridized carbons (Fsp3) is 0.312. The molecule has 130 valence electrons. The SMILES string of the molecule is Nc1nccnc1C(=O)N1CCCC(C(=O)Nc2ccc(Br)cn2)C1. The predicted octanol–water partition coefficient (Wildman–Crippen LogP) is 1.71. The van der Waals surface area contributed by atoms with Gasteiger partial charge in [0, 0.05) is 36.2 Å². The molecule has 25 heavy (non-hydrogen) atoms. The Labute approximate surface area is 153 Å². The molecule has 2 aromatic rings. The van der Waals surface area contributed by atoms with E-state index in [9.17, 15) is 9.59 Å². The minimum Gasteiger partial charge on any atom is -0.382 e. The van der Waals surface area contributed by atoms with Crippen LogP contribution in [0.4, 0.5) is 11.6 Å². The lowest BCUT2D eigenvalue weighted by atomic mass is 9.97. The highest BCUT2D eigenvalue weighted by Gasteiger charge is 2.30. The summed E-state index contributed by atoms with van der Waals surface area (Å²) in [6.45, 7) is 0.881. The third-order valence-electron chi connectivity index (χ3n) is 3.99. The molecule has 3 rings (SSSR count). The molecule has 0 bridgehead atoms. The van der Waals surface area contributed by atoms with E-state index in [0.29, 0.717) is 25.3 Å². The molecule has 1 fully saturated rings. The van der Waals surface area contributed by atoms with E-state index in [1.165, 1.54) is 12.4 Å². The standard InChI is InChI=1S/C16H17BrN6O2/c17-11-3-4-12(21-8-11)22-15(24)10-2-1-7-23(9-10)16(25)13-14(18)20-6-5-19-13/h3-6,8,10H,1-2,7,9H2,(H2,18,20)(H,21,22,24). The first kappa shape index (κ1) is 17.3. The predicted molar refractivity (Wildman–Crippen MR) is 95.6 cm³/mol. The number of hydrogen-bond acceptors (Lipinski definition) is 6. The van der Waals surface area contributed by atoms with Crippen molar-refractivity contribution in [2.24, 2.45) is 5.92 Å². The van der Waals surface area contributed by atoms with Gasteiger partial charge in [-0.1, -0.05) is 0 Å². The van der Waals surface area contributed by atoms with Crippen LogP contribution >= 0.6 is 15.9 Å². The Morgan fingerprint density at radius 2 is 2.04 bits per heavy atom. The quantitative estimate of drug-likeness (QED) is 0.804. The number of hydrogen-bond donors (Lipinski definition) is 2. The van der Waals surface area contributed by atoms with E-state index in [1.54, 1.807) is 23.2 Å². The molecule has 0 saturated carbocycles. The molecular formula is C16H17BrN6O2. The molecule has 1 saturated heterocycles. The second-order valence-electron chi connectivity index (χ2n) is 5.73. The van der Waals surface area contributed by atoms with E-state index in [2.05, 4.69) is 36.2 Å². The van der Waals surface area contributed by atoms with Crippen LogP contribution in [0.5, 0.6) is 0 Å². The molecule has 2 amide bonds. The van der Waals surface area contributed by atoms with E-state index in [4.69, 9.17) is 5.73 Å². The van der Waals surface area contributed by atoms with Crippen molar-refractivity contribution in [1.29, 1.82) is 0 Å². The highest BCUT2D eigenvalue weighted by Crippen LogP contribution is 2.21. The number of halogens is 1. The largest absolute Gasteiger partial charge is 0.382 e. The highest BCUT2D eigenvalue weighted by molar-refractivity contribution is 9.10. The fourth-order valence-electron chi connectivity index (χ4n) is 2.72. The smallest absolute Gasteiger partial charge is 0.276 e. The number of aromatic nitrogens is 3. The number of nitrogens with two attached hydrogens (primary N) is 1. The first-order chi connectivity index (χ1) is 12.0. The summed E-state index contributed by atoms with van der Waals surface area (Å²) in [4.78, 5) is 38.7. The second-order valence-corrected chi connectivity index (χ2v) is 6.65. The Balaban J connectivity index is 1.66. The normalized spacial score (nSPS) is 17.2. The summed E-state index contributed by atoms with van der Waals surface area (Å²) in [6.07, 6.45) is 5.92. The van der Waals surface area contributed by atoms with Crippen molar-refractivity contribution >= 4 is 39.4 Å². The maximum Gasteiger partial charge on any atom is 0.276 e. The lowest BCUT2D eigenvalue weighted by Gasteiger charge is -2.31. The van der Waals surface area contributed by atoms with Crippen LogP contribution in [0, 0.1) is 5.92 Å². The number of anilines is 2. The lowest BCUT2D eigenvalue weighted by Crippen LogP contribution is -2.44. The van der Waals surface area contributed by atoms with Crippen molar-refractivity contribution in [3.63, 3.8) is 0 Å². The number of nitrogens with zero attached hydrogens (tertiary/aromatic N) is 4. The second kappa shape index (κ2) is 7.56. The number of likely N-dealkylation sites (tertiary alicyclic amines) is 1. The molecule has 1 atom stereocenters. The number of rotatable bonds is 3. The molecule has 1 aliphatic rings. The number of carbonyl (C=O) groups is 2. The zero-order valence-corrected chi connectivity index (χ0v) is 14.9. The van der Waals surface area contributed by atoms with Gasteiger partial charge in [-0.15, -0.1) is 0 Å². The van der Waals surface area contributed by atoms with E-state index >= 15 is 0 Å². The number of pyridine rings is 1. The number of piperidine rings is 1. The van der Waals surface area contributed by atoms with Crippen molar-refractivity contribution in [3.8, 4) is 0 Å². The van der Waals surface area contributed by atoms with Crippen molar-refractivity contribution < 1.29 is 9.59 Å². The first-order valence-electron chi connectivity index (χ1n) is 7.83. The van der Waals surface area contributed by atoms with Gasteiger partial charge in [0.15, 0.2) is 11.5 Å². The Morgan fingerprint density at radius 3 is 2.76 bits per heavy atom. The van der Waals surface area contributed by atoms with Crippen LogP contribution in [0.15, 0.2) is 35.2 Å². The Kier molecular flexibility index (Phi) is 5.22. The van der Waals surface area contributed by atoms with Crippen LogP contribution in [-0.2, 0) is 4.79 Å². The van der Waals surface area contributed by atoms with E-state index in [1.807, 2.05) is 0 Å². The van der Waals surface area contributed by atoms with E-state index in [0.717, 1.165) is 10.9 Å². The zero-order valence-electron chi connectivity index (χ0n) is 13.4. The molecule has 0 aliphatic carbocycles. The van der Waals surface area contributed by atoms with Crippen molar-refractivity contribution in [3.05, 3.63) is 40.9 Å². The van der Waals surface area contributed by atoms with Crippen molar-refractivity contribution in [1.82, 2.24) is 19.9 Å². The third kappa shape index (κ3) is 4.11. The summed E-state index contributed by atoms with van der Waals surface area (Å²) in [5, 5.41) is 2.79. The monoisotopic (exact) mass is 404 g/mol. The number of carbonyl (C=O) groups excluding carboxylic acids is 2. The van der Waals surface area contributed by atoms with Gasteiger partial charge in [-0.3, -0.25) is 9.59 Å². The van der Waals surface area contributed by atoms with Crippen LogP contribution in [-0.4, -0.2) is 44.8 Å². The van der Waals surface area contributed by atoms with Gasteiger partial charge in [-0.25, -0.2) is 15.0 Å². The van der Waals surface area contributed by atoms with Gasteiger partial charge in [0.1, 0.15) is 5.82 Å². The van der Waals surface area contributed by atoms with Crippen LogP contribution < -0.4 is 11.1 Å². The molecule has 1 aliphatic heterocycles. The first-order valence-corrected chi connectivity index (χ1v) is 8.62. The highest BCUT2D eigenvalue weighted by atomic mass is 79.9. The summed E-state index contributed by atoms with van der Waals surface area (Å²) in [5.41, 5.74) is 5.85. The van der Waals surface area contributed by atoms with Gasteiger partial charge in [-0.2, -0.15) is 0 Å². The van der Waals surface area contributed by atoms with Crippen LogP contribution in [0.1, 0.15) is 23.3 Å². The topological polar surface area (TPSA) is 114 Å². The third-order valence-corrected chi connectivity index (χ3v) is 4.46. The summed E-state index contributed by atoms with van der Waals surface area (Å²) in [7, 11) is 0. The Morgan fingerprint density at radius 1 is 1.24 bits per heavy atom. The molecule has 9 heteroatoms. The van der Waals surface area contributed by atoms with Crippen LogP contribution in [0.25, 0.3) is 0 Å². The number of nitrogens with one attached hydrogen (secondary N) is 1. The maximum atomic E-state index is 12.6. The molecule has 1 unspecified atom stereocenters. The van der Waals surface area contributed by atoms with E-state index < -0.39 is 0 Å². The zero-order chi connectivity index (χ0) is 17.8. The summed E-state index contributed by atoms with van der Waals surface area (Å²) in [6, 6.07) is 3.52. The minimum atomic E-state index is -0.305. The van der Waals surface area contributed by atoms with E-state index in [-0.39, 0.29) is 29.2 Å². The van der Waals surface area contributed by atoms with Crippen LogP contribution in [0.3, 0.4) is 0 Å². The maximum absolute atomic E-state index is 12.6.